The molecule has 0 aliphatic carbocycles. The van der Waals surface area contributed by atoms with Gasteiger partial charge in [0.2, 0.25) is 0 Å². The molecule has 0 aliphatic heterocycles. The second-order valence-corrected chi connectivity index (χ2v) is 10.4. The Bertz CT molecular complexity index is 1540. The molecular weight excluding hydrogens is 469 g/mol. The fourth-order valence-electron chi connectivity index (χ4n) is 5.00. The maximum absolute atomic E-state index is 13.8. The zero-order chi connectivity index (χ0) is 26.8. The van der Waals surface area contributed by atoms with Crippen molar-refractivity contribution < 1.29 is 9.50 Å². The minimum atomic E-state index is -0.286. The van der Waals surface area contributed by atoms with Gasteiger partial charge in [-0.25, -0.2) is 9.37 Å². The van der Waals surface area contributed by atoms with Gasteiger partial charge in [-0.1, -0.05) is 82.3 Å². The Morgan fingerprint density at radius 3 is 1.76 bits per heavy atom. The highest BCUT2D eigenvalue weighted by Crippen LogP contribution is 2.42. The largest absolute Gasteiger partial charge is 0.507 e. The van der Waals surface area contributed by atoms with Crippen molar-refractivity contribution in [1.29, 1.82) is 0 Å². The number of para-hydroxylation sites is 1. The first kappa shape index (κ1) is 25.4. The summed E-state index contributed by atoms with van der Waals surface area (Å²) < 4.78 is 13.8. The van der Waals surface area contributed by atoms with Crippen LogP contribution in [0, 0.1) is 5.82 Å². The topological polar surface area (TPSA) is 33.1 Å². The molecular formula is C35H32FNO. The number of pyridine rings is 1. The van der Waals surface area contributed by atoms with E-state index < -0.39 is 0 Å². The summed E-state index contributed by atoms with van der Waals surface area (Å²) in [5.74, 6) is 0.450. The van der Waals surface area contributed by atoms with Crippen LogP contribution in [-0.2, 0) is 0 Å². The Morgan fingerprint density at radius 1 is 0.579 bits per heavy atom. The van der Waals surface area contributed by atoms with Crippen molar-refractivity contribution in [3.63, 3.8) is 0 Å². The van der Waals surface area contributed by atoms with Crippen LogP contribution in [0.1, 0.15) is 50.7 Å². The molecule has 1 aromatic heterocycles. The Morgan fingerprint density at radius 2 is 1.16 bits per heavy atom. The Balaban J connectivity index is 1.81. The van der Waals surface area contributed by atoms with Crippen molar-refractivity contribution >= 4 is 0 Å². The number of benzene rings is 4. The Labute approximate surface area is 224 Å². The van der Waals surface area contributed by atoms with Gasteiger partial charge in [0.05, 0.1) is 11.4 Å². The summed E-state index contributed by atoms with van der Waals surface area (Å²) in [6.45, 7) is 8.90. The van der Waals surface area contributed by atoms with Crippen LogP contribution in [-0.4, -0.2) is 10.1 Å². The number of aromatic hydroxyl groups is 1. The van der Waals surface area contributed by atoms with Gasteiger partial charge >= 0.3 is 0 Å². The van der Waals surface area contributed by atoms with Crippen molar-refractivity contribution in [1.82, 2.24) is 4.98 Å². The van der Waals surface area contributed by atoms with Crippen LogP contribution in [0.5, 0.6) is 5.75 Å². The highest BCUT2D eigenvalue weighted by atomic mass is 19.1. The molecule has 190 valence electrons. The first-order valence-electron chi connectivity index (χ1n) is 13.1. The molecule has 0 atom stereocenters. The van der Waals surface area contributed by atoms with Gasteiger partial charge in [0.1, 0.15) is 11.6 Å². The van der Waals surface area contributed by atoms with Crippen LogP contribution in [0.4, 0.5) is 4.39 Å². The third-order valence-corrected chi connectivity index (χ3v) is 6.98. The van der Waals surface area contributed by atoms with Gasteiger partial charge in [-0.2, -0.15) is 0 Å². The number of hydrogen-bond donors (Lipinski definition) is 1. The number of hydrogen-bond acceptors (Lipinski definition) is 2. The van der Waals surface area contributed by atoms with Crippen molar-refractivity contribution in [2.45, 2.75) is 39.5 Å². The van der Waals surface area contributed by atoms with Crippen molar-refractivity contribution in [3.05, 3.63) is 120 Å². The van der Waals surface area contributed by atoms with E-state index in [1.807, 2.05) is 18.2 Å². The van der Waals surface area contributed by atoms with Crippen LogP contribution in [0.25, 0.3) is 44.8 Å². The van der Waals surface area contributed by atoms with Gasteiger partial charge in [-0.05, 0) is 93.7 Å². The number of rotatable bonds is 6. The highest BCUT2D eigenvalue weighted by Gasteiger charge is 2.20. The first-order valence-corrected chi connectivity index (χ1v) is 13.1. The fraction of sp³-hybridized carbons (Fsp3) is 0.171. The van der Waals surface area contributed by atoms with E-state index in [9.17, 15) is 9.50 Å². The lowest BCUT2D eigenvalue weighted by molar-refractivity contribution is 0.477. The van der Waals surface area contributed by atoms with Gasteiger partial charge in [0, 0.05) is 11.1 Å². The molecule has 3 heteroatoms. The predicted molar refractivity (Wildman–Crippen MR) is 156 cm³/mol. The number of halogens is 1. The van der Waals surface area contributed by atoms with E-state index in [1.54, 1.807) is 24.3 Å². The SMILES string of the molecule is CC(C)c1cc(-c2ccccc2)cc(C(C)C)c1-c1cc(-c2ccc(F)cc2)nc(-c2ccccc2O)c1. The van der Waals surface area contributed by atoms with Crippen LogP contribution in [0.2, 0.25) is 0 Å². The van der Waals surface area contributed by atoms with E-state index >= 15 is 0 Å². The average molecular weight is 502 g/mol. The van der Waals surface area contributed by atoms with Crippen LogP contribution < -0.4 is 0 Å². The minimum Gasteiger partial charge on any atom is -0.507 e. The summed E-state index contributed by atoms with van der Waals surface area (Å²) in [7, 11) is 0. The minimum absolute atomic E-state index is 0.176. The van der Waals surface area contributed by atoms with E-state index in [2.05, 4.69) is 76.2 Å². The molecule has 38 heavy (non-hydrogen) atoms. The summed E-state index contributed by atoms with van der Waals surface area (Å²) in [6.07, 6.45) is 0. The van der Waals surface area contributed by atoms with E-state index in [4.69, 9.17) is 4.98 Å². The van der Waals surface area contributed by atoms with Crippen molar-refractivity contribution in [2.24, 2.45) is 0 Å². The molecule has 4 aromatic carbocycles. The molecule has 0 unspecified atom stereocenters. The van der Waals surface area contributed by atoms with E-state index in [-0.39, 0.29) is 23.4 Å². The van der Waals surface area contributed by atoms with Crippen LogP contribution >= 0.6 is 0 Å². The molecule has 5 aromatic rings. The standard InChI is InChI=1S/C35H32FNO/c1-22(2)30-18-26(24-10-6-5-7-11-24)19-31(23(3)4)35(30)27-20-32(25-14-16-28(36)17-15-25)37-33(21-27)29-12-8-9-13-34(29)38/h5-23,38H,1-4H3. The molecule has 0 radical (unpaired) electrons. The average Bonchev–Trinajstić information content (AvgIpc) is 2.93. The molecule has 0 bridgehead atoms. The van der Waals surface area contributed by atoms with Crippen molar-refractivity contribution in [2.75, 3.05) is 0 Å². The monoisotopic (exact) mass is 501 g/mol. The number of aromatic nitrogens is 1. The van der Waals surface area contributed by atoms with Crippen LogP contribution in [0.3, 0.4) is 0 Å². The number of nitrogens with zero attached hydrogens (tertiary/aromatic N) is 1. The quantitative estimate of drug-likeness (QED) is 0.251. The predicted octanol–water partition coefficient (Wildman–Crippen LogP) is 9.84. The third-order valence-electron chi connectivity index (χ3n) is 6.98. The van der Waals surface area contributed by atoms with E-state index in [0.717, 1.165) is 16.8 Å². The molecule has 1 heterocycles. The molecule has 5 rings (SSSR count). The lowest BCUT2D eigenvalue weighted by Crippen LogP contribution is -2.02. The lowest BCUT2D eigenvalue weighted by Gasteiger charge is -2.23. The second kappa shape index (κ2) is 10.6. The van der Waals surface area contributed by atoms with Gasteiger partial charge in [-0.3, -0.25) is 0 Å². The summed E-state index contributed by atoms with van der Waals surface area (Å²) >= 11 is 0. The van der Waals surface area contributed by atoms with E-state index in [0.29, 0.717) is 11.3 Å². The highest BCUT2D eigenvalue weighted by molar-refractivity contribution is 5.83. The normalized spacial score (nSPS) is 11.3. The molecule has 2 nitrogen and oxygen atoms in total. The summed E-state index contributed by atoms with van der Waals surface area (Å²) in [5.41, 5.74) is 10.0. The van der Waals surface area contributed by atoms with Gasteiger partial charge in [0.15, 0.2) is 0 Å². The van der Waals surface area contributed by atoms with Gasteiger partial charge < -0.3 is 5.11 Å². The third kappa shape index (κ3) is 5.10. The molecule has 1 N–H and O–H groups in total. The summed E-state index contributed by atoms with van der Waals surface area (Å²) in [6, 6.07) is 32.9. The fourth-order valence-corrected chi connectivity index (χ4v) is 5.00. The number of phenolic OH excluding ortho intramolecular Hbond substituents is 1. The van der Waals surface area contributed by atoms with Gasteiger partial charge in [-0.15, -0.1) is 0 Å². The molecule has 0 saturated carbocycles. The number of phenols is 1. The van der Waals surface area contributed by atoms with Gasteiger partial charge in [0.25, 0.3) is 0 Å². The maximum Gasteiger partial charge on any atom is 0.124 e. The molecule has 0 spiro atoms. The molecule has 0 aliphatic rings. The zero-order valence-corrected chi connectivity index (χ0v) is 22.2. The summed E-state index contributed by atoms with van der Waals surface area (Å²) in [4.78, 5) is 4.92. The molecule has 0 saturated heterocycles. The lowest BCUT2D eigenvalue weighted by atomic mass is 9.82. The summed E-state index contributed by atoms with van der Waals surface area (Å²) in [5, 5.41) is 10.7. The maximum atomic E-state index is 13.8. The zero-order valence-electron chi connectivity index (χ0n) is 22.2. The van der Waals surface area contributed by atoms with Crippen LogP contribution in [0.15, 0.2) is 103 Å². The second-order valence-electron chi connectivity index (χ2n) is 10.4. The molecule has 0 fully saturated rings. The van der Waals surface area contributed by atoms with Crippen molar-refractivity contribution in [3.8, 4) is 50.5 Å². The Hall–Kier alpha value is -4.24. The first-order chi connectivity index (χ1) is 18.3. The Kier molecular flexibility index (Phi) is 7.11. The van der Waals surface area contributed by atoms with E-state index in [1.165, 1.54) is 39.9 Å². The molecule has 0 amide bonds. The smallest absolute Gasteiger partial charge is 0.124 e.